The first-order chi connectivity index (χ1) is 32.8. The molecule has 4 heterocycles. The summed E-state index contributed by atoms with van der Waals surface area (Å²) in [5.41, 5.74) is 1.27. The van der Waals surface area contributed by atoms with Crippen LogP contribution in [0.25, 0.3) is 0 Å². The third-order valence-electron chi connectivity index (χ3n) is 15.1. The number of aliphatic hydroxyl groups excluding tert-OH is 1. The zero-order valence-corrected chi connectivity index (χ0v) is 42.5. The van der Waals surface area contributed by atoms with Crippen LogP contribution < -0.4 is 0 Å². The Bertz CT molecular complexity index is 2020. The van der Waals surface area contributed by atoms with Gasteiger partial charge in [0, 0.05) is 58.5 Å². The number of amides is 1. The van der Waals surface area contributed by atoms with Crippen LogP contribution in [0.2, 0.25) is 0 Å². The molecular weight excluding hydrogens is 887 g/mol. The first-order valence-corrected chi connectivity index (χ1v) is 25.0. The summed E-state index contributed by atoms with van der Waals surface area (Å²) < 4.78 is 29.9. The number of tetrazole rings is 1. The highest BCUT2D eigenvalue weighted by atomic mass is 16.6. The van der Waals surface area contributed by atoms with E-state index >= 15 is 0 Å². The molecule has 69 heavy (non-hydrogen) atoms. The van der Waals surface area contributed by atoms with Crippen LogP contribution in [-0.2, 0) is 47.7 Å². The van der Waals surface area contributed by atoms with Crippen molar-refractivity contribution < 1.29 is 57.9 Å². The maximum Gasteiger partial charge on any atom is 0.329 e. The SMILES string of the molecule is COC1C(=O)C(C)C[C@H](C)/C=C/C=C/C=C(\C)[C@@H](OC)C[C@@H]2CC[C@@H](C)[C@@](O)(O2)C(=O)C(=O)N2CCCC[C@H]2C(=O)O[C@H]([C@H](C)C[C@@H]2CC[C@H](n3ncnn3)C(OC)C2)CC(=O)[C@H](C)/C=C(\C)[C@H]1O. The van der Waals surface area contributed by atoms with Gasteiger partial charge < -0.3 is 38.8 Å². The molecule has 1 saturated carbocycles. The van der Waals surface area contributed by atoms with E-state index in [0.717, 1.165) is 18.4 Å². The second kappa shape index (κ2) is 25.7. The highest BCUT2D eigenvalue weighted by Crippen LogP contribution is 2.39. The fraction of sp³-hybridized carbons (Fsp3) is 0.731. The molecule has 3 unspecified atom stereocenters. The van der Waals surface area contributed by atoms with E-state index in [1.54, 1.807) is 45.9 Å². The number of aromatic nitrogens is 4. The van der Waals surface area contributed by atoms with Crippen LogP contribution >= 0.6 is 0 Å². The van der Waals surface area contributed by atoms with Crippen molar-refractivity contribution in [1.82, 2.24) is 25.1 Å². The highest BCUT2D eigenvalue weighted by molar-refractivity contribution is 6.39. The number of Topliss-reactive ketones (excluding diaryl/α,β-unsaturated/α-hetero) is 3. The van der Waals surface area contributed by atoms with E-state index in [4.69, 9.17) is 23.7 Å². The van der Waals surface area contributed by atoms with E-state index in [2.05, 4.69) is 15.4 Å². The fourth-order valence-corrected chi connectivity index (χ4v) is 10.7. The lowest BCUT2D eigenvalue weighted by atomic mass is 9.77. The fourth-order valence-electron chi connectivity index (χ4n) is 10.7. The number of piperidine rings is 1. The van der Waals surface area contributed by atoms with Gasteiger partial charge in [0.15, 0.2) is 12.1 Å². The molecule has 15 atom stereocenters. The molecule has 2 N–H and O–H groups in total. The molecule has 5 rings (SSSR count). The second-order valence-electron chi connectivity index (χ2n) is 20.3. The van der Waals surface area contributed by atoms with Gasteiger partial charge in [-0.05, 0) is 112 Å². The second-order valence-corrected chi connectivity index (χ2v) is 20.3. The molecule has 3 fully saturated rings. The van der Waals surface area contributed by atoms with Gasteiger partial charge >= 0.3 is 5.97 Å². The molecule has 17 heteroatoms. The van der Waals surface area contributed by atoms with Crippen molar-refractivity contribution in [3.05, 3.63) is 53.9 Å². The van der Waals surface area contributed by atoms with Crippen LogP contribution in [0, 0.1) is 35.5 Å². The number of cyclic esters (lactones) is 1. The number of carbonyl (C=O) groups excluding carboxylic acids is 5. The van der Waals surface area contributed by atoms with Crippen LogP contribution in [0.4, 0.5) is 0 Å². The molecule has 0 radical (unpaired) electrons. The lowest BCUT2D eigenvalue weighted by Gasteiger charge is -2.42. The van der Waals surface area contributed by atoms with Gasteiger partial charge in [-0.2, -0.15) is 4.80 Å². The summed E-state index contributed by atoms with van der Waals surface area (Å²) in [4.78, 5) is 73.9. The molecule has 2 bridgehead atoms. The zero-order valence-electron chi connectivity index (χ0n) is 42.5. The average Bonchev–Trinajstić information content (AvgIpc) is 3.88. The summed E-state index contributed by atoms with van der Waals surface area (Å²) >= 11 is 0. The Labute approximate surface area is 408 Å². The highest BCUT2D eigenvalue weighted by Gasteiger charge is 2.53. The maximum absolute atomic E-state index is 14.5. The quantitative estimate of drug-likeness (QED) is 0.181. The van der Waals surface area contributed by atoms with Crippen molar-refractivity contribution in [2.24, 2.45) is 35.5 Å². The Hall–Kier alpha value is -4.26. The summed E-state index contributed by atoms with van der Waals surface area (Å²) in [5, 5.41) is 35.7. The molecular formula is C52H79N5O12. The first-order valence-electron chi connectivity index (χ1n) is 25.0. The normalized spacial score (nSPS) is 38.8. The summed E-state index contributed by atoms with van der Waals surface area (Å²) in [6.45, 7) is 12.8. The van der Waals surface area contributed by atoms with Gasteiger partial charge in [0.25, 0.3) is 11.7 Å². The third-order valence-corrected chi connectivity index (χ3v) is 15.1. The van der Waals surface area contributed by atoms with Crippen molar-refractivity contribution in [3.63, 3.8) is 0 Å². The maximum atomic E-state index is 14.5. The largest absolute Gasteiger partial charge is 0.460 e. The van der Waals surface area contributed by atoms with E-state index in [1.165, 1.54) is 18.3 Å². The van der Waals surface area contributed by atoms with E-state index in [-0.39, 0.29) is 60.9 Å². The zero-order chi connectivity index (χ0) is 50.6. The summed E-state index contributed by atoms with van der Waals surface area (Å²) in [6.07, 6.45) is 13.7. The topological polar surface area (TPSA) is 219 Å². The average molecular weight is 966 g/mol. The predicted molar refractivity (Wildman–Crippen MR) is 256 cm³/mol. The van der Waals surface area contributed by atoms with Gasteiger partial charge in [0.05, 0.1) is 24.4 Å². The van der Waals surface area contributed by atoms with Crippen molar-refractivity contribution in [3.8, 4) is 0 Å². The molecule has 1 aliphatic carbocycles. The predicted octanol–water partition coefficient (Wildman–Crippen LogP) is 6.05. The molecule has 4 aliphatic rings. The summed E-state index contributed by atoms with van der Waals surface area (Å²) in [6, 6.07) is -1.24. The number of ether oxygens (including phenoxy) is 5. The molecule has 384 valence electrons. The van der Waals surface area contributed by atoms with Crippen LogP contribution in [0.1, 0.15) is 132 Å². The Kier molecular flexibility index (Phi) is 20.8. The van der Waals surface area contributed by atoms with Gasteiger partial charge in [-0.1, -0.05) is 71.1 Å². The number of rotatable bonds is 7. The molecule has 1 aromatic heterocycles. The van der Waals surface area contributed by atoms with E-state index in [0.29, 0.717) is 56.9 Å². The molecule has 0 spiro atoms. The molecule has 17 nitrogen and oxygen atoms in total. The van der Waals surface area contributed by atoms with Crippen molar-refractivity contribution in [2.75, 3.05) is 27.9 Å². The molecule has 3 aliphatic heterocycles. The number of aliphatic hydroxyl groups is 2. The van der Waals surface area contributed by atoms with Crippen molar-refractivity contribution >= 4 is 29.2 Å². The monoisotopic (exact) mass is 966 g/mol. The molecule has 2 saturated heterocycles. The molecule has 1 amide bonds. The number of fused-ring (bicyclic) bond motifs is 3. The lowest BCUT2D eigenvalue weighted by Crippen LogP contribution is -2.61. The van der Waals surface area contributed by atoms with E-state index in [1.807, 2.05) is 58.1 Å². The van der Waals surface area contributed by atoms with Crippen LogP contribution in [0.5, 0.6) is 0 Å². The number of hydrogen-bond donors (Lipinski definition) is 2. The van der Waals surface area contributed by atoms with Crippen LogP contribution in [0.3, 0.4) is 0 Å². The Balaban J connectivity index is 1.46. The summed E-state index contributed by atoms with van der Waals surface area (Å²) in [5.74, 6) is -7.94. The summed E-state index contributed by atoms with van der Waals surface area (Å²) in [7, 11) is 4.61. The minimum atomic E-state index is -2.43. The number of carbonyl (C=O) groups is 5. The Morgan fingerprint density at radius 3 is 2.32 bits per heavy atom. The van der Waals surface area contributed by atoms with Crippen LogP contribution in [0.15, 0.2) is 53.9 Å². The van der Waals surface area contributed by atoms with Gasteiger partial charge in [0.1, 0.15) is 30.1 Å². The smallest absolute Gasteiger partial charge is 0.329 e. The lowest BCUT2D eigenvalue weighted by molar-refractivity contribution is -0.265. The van der Waals surface area contributed by atoms with Gasteiger partial charge in [-0.15, -0.1) is 10.2 Å². The molecule has 0 aromatic carbocycles. The minimum absolute atomic E-state index is 0.0168. The standard InChI is InChI=1S/C52H79N5O12/c1-31-16-12-11-13-17-32(2)43(65-8)28-39-21-19-37(7)52(64,69-39)49(61)50(62)56-23-15-14-18-41(56)51(63)68-44(34(4)26-38-20-22-40(45(27-38)66-9)57-54-30-53-55-57)29-42(58)33(3)25-36(6)47(60)48(67-10)46(59)35(5)24-31/h11-13,16-17,25,30-31,33-35,37-41,43-45,47-48,60,64H,14-15,18-24,26-29H2,1-10H3/b13-11+,16-12+,32-17+,36-25+/t31-,33-,34-,35?,37-,38+,39+,40+,41+,43+,44+,45?,47-,48?,52-/m1/s1. The first kappa shape index (κ1) is 55.7. The third kappa shape index (κ3) is 14.2. The number of methoxy groups -OCH3 is 3. The number of hydrogen-bond acceptors (Lipinski definition) is 15. The van der Waals surface area contributed by atoms with E-state index < -0.39 is 77.8 Å². The molecule has 1 aromatic rings. The van der Waals surface area contributed by atoms with Crippen LogP contribution in [-0.4, -0.2) is 141 Å². The number of allylic oxidation sites excluding steroid dienone is 6. The Morgan fingerprint density at radius 2 is 1.64 bits per heavy atom. The van der Waals surface area contributed by atoms with Gasteiger partial charge in [0.2, 0.25) is 5.79 Å². The number of nitrogens with zero attached hydrogens (tertiary/aromatic N) is 5. The van der Waals surface area contributed by atoms with E-state index in [9.17, 15) is 34.2 Å². The van der Waals surface area contributed by atoms with Gasteiger partial charge in [-0.3, -0.25) is 19.2 Å². The van der Waals surface area contributed by atoms with Gasteiger partial charge in [-0.25, -0.2) is 4.79 Å². The number of esters is 1. The number of ketones is 3. The Morgan fingerprint density at radius 1 is 0.884 bits per heavy atom. The minimum Gasteiger partial charge on any atom is -0.460 e. The van der Waals surface area contributed by atoms with Crippen molar-refractivity contribution in [2.45, 2.75) is 180 Å². The van der Waals surface area contributed by atoms with Crippen molar-refractivity contribution in [1.29, 1.82) is 0 Å².